The summed E-state index contributed by atoms with van der Waals surface area (Å²) in [5.74, 6) is -0.480. The zero-order valence-corrected chi connectivity index (χ0v) is 12.7. The molecule has 1 saturated carbocycles. The van der Waals surface area contributed by atoms with Crippen LogP contribution >= 0.6 is 0 Å². The van der Waals surface area contributed by atoms with Crippen molar-refractivity contribution in [1.82, 2.24) is 5.32 Å². The van der Waals surface area contributed by atoms with Gasteiger partial charge in [-0.05, 0) is 67.3 Å². The molecule has 0 aliphatic heterocycles. The van der Waals surface area contributed by atoms with Gasteiger partial charge in [0, 0.05) is 6.04 Å². The van der Waals surface area contributed by atoms with Gasteiger partial charge in [0.15, 0.2) is 0 Å². The summed E-state index contributed by atoms with van der Waals surface area (Å²) >= 11 is 0. The van der Waals surface area contributed by atoms with Gasteiger partial charge in [0.1, 0.15) is 11.6 Å². The molecule has 2 rings (SSSR count). The van der Waals surface area contributed by atoms with E-state index in [0.29, 0.717) is 11.6 Å². The Bertz CT molecular complexity index is 454. The minimum Gasteiger partial charge on any atom is -0.313 e. The van der Waals surface area contributed by atoms with E-state index in [9.17, 15) is 8.78 Å². The lowest BCUT2D eigenvalue weighted by molar-refractivity contribution is 0.0182. The molecule has 0 aromatic heterocycles. The number of nitrogens with one attached hydrogen (secondary N) is 1. The third-order valence-electron chi connectivity index (χ3n) is 5.15. The van der Waals surface area contributed by atoms with Gasteiger partial charge in [-0.2, -0.15) is 0 Å². The molecule has 112 valence electrons. The molecule has 1 aliphatic rings. The van der Waals surface area contributed by atoms with Gasteiger partial charge < -0.3 is 5.32 Å². The molecule has 0 spiro atoms. The van der Waals surface area contributed by atoms with Gasteiger partial charge >= 0.3 is 0 Å². The molecular weight excluding hydrogens is 256 g/mol. The van der Waals surface area contributed by atoms with Crippen molar-refractivity contribution in [3.63, 3.8) is 0 Å². The molecule has 2 atom stereocenters. The smallest absolute Gasteiger partial charge is 0.126 e. The highest BCUT2D eigenvalue weighted by Crippen LogP contribution is 2.57. The molecule has 2 unspecified atom stereocenters. The van der Waals surface area contributed by atoms with E-state index in [1.165, 1.54) is 18.2 Å². The van der Waals surface area contributed by atoms with Crippen molar-refractivity contribution in [3.8, 4) is 0 Å². The zero-order chi connectivity index (χ0) is 14.8. The van der Waals surface area contributed by atoms with Crippen molar-refractivity contribution >= 4 is 0 Å². The largest absolute Gasteiger partial charge is 0.313 e. The van der Waals surface area contributed by atoms with Gasteiger partial charge in [-0.1, -0.05) is 20.8 Å². The zero-order valence-electron chi connectivity index (χ0n) is 12.7. The Labute approximate surface area is 120 Å². The SMILES string of the molecule is CCCNC1CC(c2cc(F)ccc2F)C1(CC)CC. The van der Waals surface area contributed by atoms with Gasteiger partial charge in [-0.25, -0.2) is 8.78 Å². The summed E-state index contributed by atoms with van der Waals surface area (Å²) < 4.78 is 27.5. The molecule has 1 aromatic carbocycles. The van der Waals surface area contributed by atoms with E-state index in [1.54, 1.807) is 0 Å². The third-order valence-corrected chi connectivity index (χ3v) is 5.15. The van der Waals surface area contributed by atoms with E-state index < -0.39 is 0 Å². The molecule has 1 fully saturated rings. The second kappa shape index (κ2) is 6.21. The van der Waals surface area contributed by atoms with Crippen LogP contribution in [0, 0.1) is 17.0 Å². The van der Waals surface area contributed by atoms with Crippen LogP contribution in [-0.2, 0) is 0 Å². The van der Waals surface area contributed by atoms with Crippen molar-refractivity contribution in [2.75, 3.05) is 6.54 Å². The molecule has 1 nitrogen and oxygen atoms in total. The summed E-state index contributed by atoms with van der Waals surface area (Å²) in [6.45, 7) is 7.46. The molecule has 1 aliphatic carbocycles. The standard InChI is InChI=1S/C17H25F2N/c1-4-9-20-16-11-14(17(16,5-2)6-3)13-10-12(18)7-8-15(13)19/h7-8,10,14,16,20H,4-6,9,11H2,1-3H3. The Morgan fingerprint density at radius 1 is 1.20 bits per heavy atom. The Morgan fingerprint density at radius 2 is 1.90 bits per heavy atom. The van der Waals surface area contributed by atoms with Crippen molar-refractivity contribution in [2.24, 2.45) is 5.41 Å². The Balaban J connectivity index is 2.26. The second-order valence-corrected chi connectivity index (χ2v) is 5.90. The quantitative estimate of drug-likeness (QED) is 0.802. The number of halogens is 2. The minimum absolute atomic E-state index is 0.0593. The molecule has 0 heterocycles. The lowest BCUT2D eigenvalue weighted by atomic mass is 9.51. The summed E-state index contributed by atoms with van der Waals surface area (Å²) in [6.07, 6.45) is 3.98. The minimum atomic E-state index is -0.340. The van der Waals surface area contributed by atoms with Crippen LogP contribution in [-0.4, -0.2) is 12.6 Å². The highest BCUT2D eigenvalue weighted by atomic mass is 19.1. The van der Waals surface area contributed by atoms with Gasteiger partial charge in [0.25, 0.3) is 0 Å². The molecule has 3 heteroatoms. The van der Waals surface area contributed by atoms with Crippen molar-refractivity contribution in [3.05, 3.63) is 35.4 Å². The van der Waals surface area contributed by atoms with E-state index in [1.807, 2.05) is 0 Å². The number of benzene rings is 1. The number of hydrogen-bond donors (Lipinski definition) is 1. The molecular formula is C17H25F2N. The van der Waals surface area contributed by atoms with Gasteiger partial charge in [0.2, 0.25) is 0 Å². The van der Waals surface area contributed by atoms with Crippen LogP contribution in [0.4, 0.5) is 8.78 Å². The maximum Gasteiger partial charge on any atom is 0.126 e. The van der Waals surface area contributed by atoms with Crippen molar-refractivity contribution in [1.29, 1.82) is 0 Å². The molecule has 0 radical (unpaired) electrons. The Morgan fingerprint density at radius 3 is 2.50 bits per heavy atom. The first-order valence-electron chi connectivity index (χ1n) is 7.77. The lowest BCUT2D eigenvalue weighted by Gasteiger charge is -2.56. The Kier molecular flexibility index (Phi) is 4.79. The fraction of sp³-hybridized carbons (Fsp3) is 0.647. The number of rotatable bonds is 6. The fourth-order valence-electron chi connectivity index (χ4n) is 3.85. The molecule has 20 heavy (non-hydrogen) atoms. The van der Waals surface area contributed by atoms with Crippen LogP contribution in [0.2, 0.25) is 0 Å². The normalized spacial score (nSPS) is 24.4. The predicted molar refractivity (Wildman–Crippen MR) is 78.8 cm³/mol. The maximum absolute atomic E-state index is 14.0. The summed E-state index contributed by atoms with van der Waals surface area (Å²) in [5.41, 5.74) is 0.618. The predicted octanol–water partition coefficient (Wildman–Crippen LogP) is 4.63. The van der Waals surface area contributed by atoms with Crippen molar-refractivity contribution in [2.45, 2.75) is 58.4 Å². The fourth-order valence-corrected chi connectivity index (χ4v) is 3.85. The van der Waals surface area contributed by atoms with Gasteiger partial charge in [-0.3, -0.25) is 0 Å². The monoisotopic (exact) mass is 281 g/mol. The summed E-state index contributed by atoms with van der Waals surface area (Å²) in [4.78, 5) is 0. The lowest BCUT2D eigenvalue weighted by Crippen LogP contribution is -2.58. The summed E-state index contributed by atoms with van der Waals surface area (Å²) in [5, 5.41) is 3.58. The molecule has 0 amide bonds. The van der Waals surface area contributed by atoms with E-state index in [4.69, 9.17) is 0 Å². The van der Waals surface area contributed by atoms with Gasteiger partial charge in [-0.15, -0.1) is 0 Å². The molecule has 1 aromatic rings. The van der Waals surface area contributed by atoms with E-state index in [2.05, 4.69) is 26.1 Å². The summed E-state index contributed by atoms with van der Waals surface area (Å²) in [6, 6.07) is 4.26. The average molecular weight is 281 g/mol. The van der Waals surface area contributed by atoms with Gasteiger partial charge in [0.05, 0.1) is 0 Å². The molecule has 1 N–H and O–H groups in total. The maximum atomic E-state index is 14.0. The molecule has 0 bridgehead atoms. The first-order valence-corrected chi connectivity index (χ1v) is 7.77. The van der Waals surface area contributed by atoms with Crippen molar-refractivity contribution < 1.29 is 8.78 Å². The van der Waals surface area contributed by atoms with Crippen LogP contribution in [0.15, 0.2) is 18.2 Å². The molecule has 0 saturated heterocycles. The Hall–Kier alpha value is -0.960. The van der Waals surface area contributed by atoms with Crippen LogP contribution in [0.1, 0.15) is 57.9 Å². The average Bonchev–Trinajstić information content (AvgIpc) is 2.43. The number of hydrogen-bond acceptors (Lipinski definition) is 1. The highest BCUT2D eigenvalue weighted by molar-refractivity contribution is 5.30. The van der Waals surface area contributed by atoms with E-state index in [0.717, 1.165) is 32.2 Å². The van der Waals surface area contributed by atoms with Crippen LogP contribution < -0.4 is 5.32 Å². The van der Waals surface area contributed by atoms with Crippen LogP contribution in [0.3, 0.4) is 0 Å². The first-order chi connectivity index (χ1) is 9.58. The second-order valence-electron chi connectivity index (χ2n) is 5.90. The van der Waals surface area contributed by atoms with E-state index >= 15 is 0 Å². The van der Waals surface area contributed by atoms with E-state index in [-0.39, 0.29) is 23.0 Å². The van der Waals surface area contributed by atoms with Crippen LogP contribution in [0.5, 0.6) is 0 Å². The summed E-state index contributed by atoms with van der Waals surface area (Å²) in [7, 11) is 0. The first kappa shape index (κ1) is 15.4. The highest BCUT2D eigenvalue weighted by Gasteiger charge is 2.53. The van der Waals surface area contributed by atoms with Crippen LogP contribution in [0.25, 0.3) is 0 Å². The topological polar surface area (TPSA) is 12.0 Å². The third kappa shape index (κ3) is 2.48.